The average molecular weight is 459 g/mol. The lowest BCUT2D eigenvalue weighted by molar-refractivity contribution is -0.181. The number of piperidine rings is 1. The molecule has 8 heteroatoms. The Bertz CT molecular complexity index is 997. The maximum atomic E-state index is 13.2. The van der Waals surface area contributed by atoms with Gasteiger partial charge in [0.1, 0.15) is 0 Å². The predicted octanol–water partition coefficient (Wildman–Crippen LogP) is 3.96. The van der Waals surface area contributed by atoms with Gasteiger partial charge in [0.2, 0.25) is 5.91 Å². The predicted molar refractivity (Wildman–Crippen MR) is 120 cm³/mol. The maximum Gasteiger partial charge on any atom is 0.253 e. The Morgan fingerprint density at radius 1 is 1.06 bits per heavy atom. The normalized spacial score (nSPS) is 20.2. The third-order valence-corrected chi connectivity index (χ3v) is 7.33. The van der Waals surface area contributed by atoms with Gasteiger partial charge in [-0.15, -0.1) is 11.8 Å². The molecule has 2 saturated heterocycles. The number of nitrogens with zero attached hydrogens (tertiary/aromatic N) is 2. The number of fused-ring (bicyclic) bond motifs is 1. The van der Waals surface area contributed by atoms with Crippen LogP contribution in [0.2, 0.25) is 5.02 Å². The molecule has 6 nitrogen and oxygen atoms in total. The van der Waals surface area contributed by atoms with Crippen molar-refractivity contribution in [1.82, 2.24) is 4.90 Å². The number of thioether (sulfide) groups is 1. The van der Waals surface area contributed by atoms with Crippen LogP contribution in [0.1, 0.15) is 28.8 Å². The summed E-state index contributed by atoms with van der Waals surface area (Å²) in [7, 11) is 0. The molecule has 2 fully saturated rings. The Labute approximate surface area is 190 Å². The van der Waals surface area contributed by atoms with E-state index < -0.39 is 5.79 Å². The zero-order chi connectivity index (χ0) is 21.4. The lowest BCUT2D eigenvalue weighted by Gasteiger charge is -2.37. The van der Waals surface area contributed by atoms with Crippen LogP contribution in [0.15, 0.2) is 47.4 Å². The van der Waals surface area contributed by atoms with Gasteiger partial charge in [0, 0.05) is 41.4 Å². The Morgan fingerprint density at radius 3 is 2.48 bits per heavy atom. The van der Waals surface area contributed by atoms with Gasteiger partial charge < -0.3 is 19.3 Å². The number of amides is 2. The topological polar surface area (TPSA) is 59.1 Å². The molecule has 31 heavy (non-hydrogen) atoms. The minimum Gasteiger partial charge on any atom is -0.347 e. The first-order valence-electron chi connectivity index (χ1n) is 10.4. The van der Waals surface area contributed by atoms with Gasteiger partial charge in [-0.2, -0.15) is 0 Å². The third kappa shape index (κ3) is 4.20. The average Bonchev–Trinajstić information content (AvgIpc) is 3.24. The monoisotopic (exact) mass is 458 g/mol. The molecule has 0 aromatic heterocycles. The van der Waals surface area contributed by atoms with Crippen LogP contribution in [-0.4, -0.2) is 54.6 Å². The van der Waals surface area contributed by atoms with Gasteiger partial charge in [0.05, 0.1) is 31.2 Å². The second-order valence-electron chi connectivity index (χ2n) is 7.98. The number of hydrogen-bond acceptors (Lipinski definition) is 5. The van der Waals surface area contributed by atoms with Gasteiger partial charge in [-0.05, 0) is 35.9 Å². The summed E-state index contributed by atoms with van der Waals surface area (Å²) in [4.78, 5) is 30.5. The van der Waals surface area contributed by atoms with Crippen LogP contribution in [0.3, 0.4) is 0 Å². The molecule has 2 aromatic carbocycles. The molecule has 3 aliphatic heterocycles. The van der Waals surface area contributed by atoms with E-state index in [0.717, 1.165) is 16.1 Å². The first kappa shape index (κ1) is 20.8. The summed E-state index contributed by atoms with van der Waals surface area (Å²) in [5.74, 6) is -0.106. The zero-order valence-electron chi connectivity index (χ0n) is 17.0. The lowest BCUT2D eigenvalue weighted by atomic mass is 10.0. The number of likely N-dealkylation sites (tertiary alicyclic amines) is 1. The Balaban J connectivity index is 1.36. The van der Waals surface area contributed by atoms with Gasteiger partial charge >= 0.3 is 0 Å². The molecule has 1 spiro atoms. The van der Waals surface area contributed by atoms with E-state index in [9.17, 15) is 9.59 Å². The number of benzene rings is 2. The highest BCUT2D eigenvalue weighted by Crippen LogP contribution is 2.38. The minimum atomic E-state index is -0.509. The molecule has 3 heterocycles. The molecule has 0 aliphatic carbocycles. The number of rotatable bonds is 3. The van der Waals surface area contributed by atoms with Crippen molar-refractivity contribution in [3.8, 4) is 0 Å². The van der Waals surface area contributed by atoms with Gasteiger partial charge in [-0.1, -0.05) is 23.7 Å². The lowest BCUT2D eigenvalue weighted by Crippen LogP contribution is -2.47. The Kier molecular flexibility index (Phi) is 5.69. The van der Waals surface area contributed by atoms with E-state index in [4.69, 9.17) is 21.1 Å². The van der Waals surface area contributed by atoms with Crippen LogP contribution in [0.5, 0.6) is 0 Å². The number of halogens is 1. The van der Waals surface area contributed by atoms with Crippen LogP contribution < -0.4 is 4.90 Å². The third-order valence-electron chi connectivity index (χ3n) is 6.03. The van der Waals surface area contributed by atoms with Crippen molar-refractivity contribution in [2.45, 2.75) is 30.1 Å². The molecule has 2 amide bonds. The molecule has 5 rings (SSSR count). The second-order valence-corrected chi connectivity index (χ2v) is 9.43. The molecule has 0 unspecified atom stereocenters. The summed E-state index contributed by atoms with van der Waals surface area (Å²) in [5, 5.41) is 0.661. The molecule has 0 saturated carbocycles. The molecule has 2 aromatic rings. The Hall–Kier alpha value is -2.06. The summed E-state index contributed by atoms with van der Waals surface area (Å²) in [5.41, 5.74) is 2.38. The molecular weight excluding hydrogens is 436 g/mol. The molecular formula is C23H23ClN2O4S. The van der Waals surface area contributed by atoms with E-state index >= 15 is 0 Å². The molecule has 0 atom stereocenters. The van der Waals surface area contributed by atoms with Gasteiger partial charge in [0.15, 0.2) is 5.79 Å². The van der Waals surface area contributed by atoms with E-state index in [1.807, 2.05) is 47.4 Å². The number of hydrogen-bond donors (Lipinski definition) is 0. The van der Waals surface area contributed by atoms with Crippen molar-refractivity contribution in [2.24, 2.45) is 0 Å². The fourth-order valence-corrected chi connectivity index (χ4v) is 5.34. The molecule has 0 bridgehead atoms. The summed E-state index contributed by atoms with van der Waals surface area (Å²) in [6, 6.07) is 13.1. The first-order valence-corrected chi connectivity index (χ1v) is 11.8. The van der Waals surface area contributed by atoms with Crippen molar-refractivity contribution < 1.29 is 19.1 Å². The second kappa shape index (κ2) is 8.47. The van der Waals surface area contributed by atoms with Gasteiger partial charge in [-0.3, -0.25) is 9.59 Å². The quantitative estimate of drug-likeness (QED) is 0.696. The summed E-state index contributed by atoms with van der Waals surface area (Å²) < 4.78 is 11.5. The van der Waals surface area contributed by atoms with E-state index in [1.165, 1.54) is 11.8 Å². The molecule has 162 valence electrons. The summed E-state index contributed by atoms with van der Waals surface area (Å²) >= 11 is 7.50. The van der Waals surface area contributed by atoms with Crippen LogP contribution in [0.25, 0.3) is 0 Å². The van der Waals surface area contributed by atoms with Crippen molar-refractivity contribution in [2.75, 3.05) is 37.0 Å². The van der Waals surface area contributed by atoms with Gasteiger partial charge in [0.25, 0.3) is 5.91 Å². The van der Waals surface area contributed by atoms with Crippen LogP contribution in [0, 0.1) is 0 Å². The molecule has 0 radical (unpaired) electrons. The van der Waals surface area contributed by atoms with Crippen molar-refractivity contribution in [3.05, 3.63) is 58.6 Å². The van der Waals surface area contributed by atoms with Crippen LogP contribution in [0.4, 0.5) is 5.69 Å². The summed E-state index contributed by atoms with van der Waals surface area (Å²) in [6.07, 6.45) is 1.36. The number of carbonyl (C=O) groups is 2. The van der Waals surface area contributed by atoms with Crippen molar-refractivity contribution >= 4 is 40.9 Å². The highest BCUT2D eigenvalue weighted by Gasteiger charge is 2.41. The molecule has 0 N–H and O–H groups in total. The molecule has 3 aliphatic rings. The van der Waals surface area contributed by atoms with E-state index in [-0.39, 0.29) is 11.8 Å². The largest absolute Gasteiger partial charge is 0.347 e. The highest BCUT2D eigenvalue weighted by atomic mass is 35.5. The standard InChI is InChI=1S/C23H23ClN2O4S/c24-18-4-1-16(2-5-18)14-26-19-13-17(3-6-20(19)31-15-21(26)27)22(28)25-9-7-23(8-10-25)29-11-12-30-23/h1-6,13H,7-12,14-15H2. The SMILES string of the molecule is O=C(c1ccc2c(c1)N(Cc1ccc(Cl)cc1)C(=O)CS2)N1CCC2(CC1)OCCO2. The van der Waals surface area contributed by atoms with Gasteiger partial charge in [-0.25, -0.2) is 0 Å². The first-order chi connectivity index (χ1) is 15.0. The smallest absolute Gasteiger partial charge is 0.253 e. The van der Waals surface area contributed by atoms with Crippen LogP contribution in [-0.2, 0) is 20.8 Å². The fraction of sp³-hybridized carbons (Fsp3) is 0.391. The zero-order valence-corrected chi connectivity index (χ0v) is 18.6. The maximum absolute atomic E-state index is 13.2. The van der Waals surface area contributed by atoms with E-state index in [0.29, 0.717) is 62.0 Å². The van der Waals surface area contributed by atoms with E-state index in [1.54, 1.807) is 4.90 Å². The number of ether oxygens (including phenoxy) is 2. The Morgan fingerprint density at radius 2 is 1.77 bits per heavy atom. The highest BCUT2D eigenvalue weighted by molar-refractivity contribution is 8.00. The number of carbonyl (C=O) groups excluding carboxylic acids is 2. The fourth-order valence-electron chi connectivity index (χ4n) is 4.30. The van der Waals surface area contributed by atoms with Crippen molar-refractivity contribution in [1.29, 1.82) is 0 Å². The van der Waals surface area contributed by atoms with E-state index in [2.05, 4.69) is 0 Å². The summed E-state index contributed by atoms with van der Waals surface area (Å²) in [6.45, 7) is 2.88. The van der Waals surface area contributed by atoms with Crippen LogP contribution >= 0.6 is 23.4 Å². The number of anilines is 1. The van der Waals surface area contributed by atoms with Crippen molar-refractivity contribution in [3.63, 3.8) is 0 Å². The minimum absolute atomic E-state index is 0.0230.